The average Bonchev–Trinajstić information content (AvgIpc) is 2.78. The number of hydrogen-bond acceptors (Lipinski definition) is 4. The highest BCUT2D eigenvalue weighted by molar-refractivity contribution is 5.72. The second-order valence-electron chi connectivity index (χ2n) is 4.04. The Kier molecular flexibility index (Phi) is 2.52. The molecular formula is C12H10FN5O. The number of halogens is 1. The number of aryl methyl sites for hydroxylation is 1. The van der Waals surface area contributed by atoms with Crippen LogP contribution < -0.4 is 11.0 Å². The maximum Gasteiger partial charge on any atom is 0.283 e. The summed E-state index contributed by atoms with van der Waals surface area (Å²) in [7, 11) is 1.71. The van der Waals surface area contributed by atoms with Crippen molar-refractivity contribution in [3.05, 3.63) is 53.0 Å². The van der Waals surface area contributed by atoms with Gasteiger partial charge in [-0.05, 0) is 24.3 Å². The lowest BCUT2D eigenvalue weighted by molar-refractivity contribution is 0.628. The lowest BCUT2D eigenvalue weighted by atomic mass is 10.3. The van der Waals surface area contributed by atoms with Gasteiger partial charge in [-0.2, -0.15) is 5.10 Å². The Morgan fingerprint density at radius 2 is 2.00 bits per heavy atom. The monoisotopic (exact) mass is 259 g/mol. The number of rotatable bonds is 2. The molecule has 2 heterocycles. The maximum absolute atomic E-state index is 12.8. The van der Waals surface area contributed by atoms with Crippen LogP contribution in [0.15, 0.2) is 41.6 Å². The van der Waals surface area contributed by atoms with Crippen LogP contribution in [0.1, 0.15) is 0 Å². The highest BCUT2D eigenvalue weighted by Crippen LogP contribution is 2.08. The summed E-state index contributed by atoms with van der Waals surface area (Å²) in [6.45, 7) is 0. The van der Waals surface area contributed by atoms with Gasteiger partial charge >= 0.3 is 0 Å². The van der Waals surface area contributed by atoms with Gasteiger partial charge in [-0.3, -0.25) is 14.9 Å². The number of benzene rings is 1. The van der Waals surface area contributed by atoms with E-state index in [1.54, 1.807) is 7.05 Å². The van der Waals surface area contributed by atoms with Crippen molar-refractivity contribution in [3.63, 3.8) is 0 Å². The molecule has 0 atom stereocenters. The van der Waals surface area contributed by atoms with E-state index in [2.05, 4.69) is 15.5 Å². The summed E-state index contributed by atoms with van der Waals surface area (Å²) in [5.41, 5.74) is 3.68. The van der Waals surface area contributed by atoms with Crippen LogP contribution in [0.25, 0.3) is 11.0 Å². The molecule has 6 nitrogen and oxygen atoms in total. The predicted octanol–water partition coefficient (Wildman–Crippen LogP) is 1.14. The fourth-order valence-electron chi connectivity index (χ4n) is 1.77. The van der Waals surface area contributed by atoms with Crippen LogP contribution in [0.5, 0.6) is 0 Å². The first kappa shape index (κ1) is 11.4. The molecule has 0 saturated carbocycles. The van der Waals surface area contributed by atoms with Crippen LogP contribution in [-0.4, -0.2) is 19.4 Å². The van der Waals surface area contributed by atoms with Gasteiger partial charge < -0.3 is 0 Å². The van der Waals surface area contributed by atoms with Gasteiger partial charge in [0.05, 0.1) is 11.9 Å². The predicted molar refractivity (Wildman–Crippen MR) is 68.2 cm³/mol. The number of aromatic nitrogens is 4. The zero-order chi connectivity index (χ0) is 13.4. The molecule has 0 bridgehead atoms. The Morgan fingerprint density at radius 1 is 1.26 bits per heavy atom. The normalized spacial score (nSPS) is 10.8. The fraction of sp³-hybridized carbons (Fsp3) is 0.0833. The van der Waals surface area contributed by atoms with Crippen molar-refractivity contribution in [2.75, 3.05) is 5.43 Å². The summed E-state index contributed by atoms with van der Waals surface area (Å²) in [6.07, 6.45) is 2.84. The first-order chi connectivity index (χ1) is 9.15. The standard InChI is InChI=1S/C12H10FN5O/c1-17-11-10(6-15-17)12(19)18(7-14-11)16-9-4-2-8(13)3-5-9/h2-7,16H,1H3. The van der Waals surface area contributed by atoms with E-state index in [0.717, 1.165) is 0 Å². The number of hydrogen-bond donors (Lipinski definition) is 1. The molecule has 0 saturated heterocycles. The minimum atomic E-state index is -0.335. The van der Waals surface area contributed by atoms with Crippen molar-refractivity contribution in [2.45, 2.75) is 0 Å². The summed E-state index contributed by atoms with van der Waals surface area (Å²) in [5.74, 6) is -0.335. The molecular weight excluding hydrogens is 249 g/mol. The second-order valence-corrected chi connectivity index (χ2v) is 4.04. The van der Waals surface area contributed by atoms with Gasteiger partial charge in [0.25, 0.3) is 5.56 Å². The summed E-state index contributed by atoms with van der Waals surface area (Å²) in [5, 5.41) is 4.40. The van der Waals surface area contributed by atoms with E-state index in [1.807, 2.05) is 0 Å². The van der Waals surface area contributed by atoms with Crippen molar-refractivity contribution >= 4 is 16.7 Å². The molecule has 1 aromatic carbocycles. The Hall–Kier alpha value is -2.70. The van der Waals surface area contributed by atoms with Crippen molar-refractivity contribution in [1.82, 2.24) is 19.4 Å². The molecule has 0 radical (unpaired) electrons. The van der Waals surface area contributed by atoms with Gasteiger partial charge in [0.2, 0.25) is 0 Å². The first-order valence-electron chi connectivity index (χ1n) is 5.57. The topological polar surface area (TPSA) is 64.7 Å². The molecule has 96 valence electrons. The van der Waals surface area contributed by atoms with Crippen LogP contribution in [-0.2, 0) is 7.05 Å². The summed E-state index contributed by atoms with van der Waals surface area (Å²) in [6, 6.07) is 5.69. The molecule has 0 fully saturated rings. The Bertz CT molecular complexity index is 790. The molecule has 0 unspecified atom stereocenters. The lowest BCUT2D eigenvalue weighted by Crippen LogP contribution is -2.26. The second kappa shape index (κ2) is 4.20. The van der Waals surface area contributed by atoms with Gasteiger partial charge in [-0.25, -0.2) is 14.1 Å². The molecule has 0 aliphatic heterocycles. The first-order valence-corrected chi connectivity index (χ1v) is 5.57. The Balaban J connectivity index is 2.04. The minimum absolute atomic E-state index is 0.262. The molecule has 0 aliphatic rings. The molecule has 3 aromatic rings. The van der Waals surface area contributed by atoms with Gasteiger partial charge in [-0.15, -0.1) is 0 Å². The van der Waals surface area contributed by atoms with Crippen molar-refractivity contribution in [1.29, 1.82) is 0 Å². The van der Waals surface area contributed by atoms with E-state index in [-0.39, 0.29) is 11.4 Å². The minimum Gasteiger partial charge on any atom is -0.290 e. The summed E-state index contributed by atoms with van der Waals surface area (Å²) in [4.78, 5) is 16.3. The highest BCUT2D eigenvalue weighted by atomic mass is 19.1. The van der Waals surface area contributed by atoms with Gasteiger partial charge in [0.15, 0.2) is 5.65 Å². The number of nitrogens with one attached hydrogen (secondary N) is 1. The van der Waals surface area contributed by atoms with E-state index >= 15 is 0 Å². The highest BCUT2D eigenvalue weighted by Gasteiger charge is 2.07. The van der Waals surface area contributed by atoms with Gasteiger partial charge in [0, 0.05) is 7.05 Å². The Labute approximate surface area is 107 Å². The van der Waals surface area contributed by atoms with E-state index in [4.69, 9.17) is 0 Å². The molecule has 19 heavy (non-hydrogen) atoms. The van der Waals surface area contributed by atoms with E-state index < -0.39 is 0 Å². The number of anilines is 1. The number of fused-ring (bicyclic) bond motifs is 1. The summed E-state index contributed by atoms with van der Waals surface area (Å²) >= 11 is 0. The third-order valence-electron chi connectivity index (χ3n) is 2.75. The zero-order valence-corrected chi connectivity index (χ0v) is 10.0. The number of nitrogens with zero attached hydrogens (tertiary/aromatic N) is 4. The SMILES string of the molecule is Cn1ncc2c(=O)n(Nc3ccc(F)cc3)cnc21. The van der Waals surface area contributed by atoms with Crippen molar-refractivity contribution in [2.24, 2.45) is 7.05 Å². The Morgan fingerprint density at radius 3 is 2.74 bits per heavy atom. The third-order valence-corrected chi connectivity index (χ3v) is 2.75. The van der Waals surface area contributed by atoms with Crippen LogP contribution in [0.4, 0.5) is 10.1 Å². The summed E-state index contributed by atoms with van der Waals surface area (Å²) < 4.78 is 15.6. The van der Waals surface area contributed by atoms with E-state index in [0.29, 0.717) is 16.7 Å². The molecule has 1 N–H and O–H groups in total. The molecule has 0 spiro atoms. The van der Waals surface area contributed by atoms with Crippen LogP contribution >= 0.6 is 0 Å². The quantitative estimate of drug-likeness (QED) is 0.749. The fourth-order valence-corrected chi connectivity index (χ4v) is 1.77. The maximum atomic E-state index is 12.8. The molecule has 7 heteroatoms. The van der Waals surface area contributed by atoms with Crippen molar-refractivity contribution < 1.29 is 4.39 Å². The van der Waals surface area contributed by atoms with Gasteiger partial charge in [0.1, 0.15) is 17.5 Å². The third kappa shape index (κ3) is 1.95. The van der Waals surface area contributed by atoms with Crippen molar-refractivity contribution in [3.8, 4) is 0 Å². The molecule has 3 rings (SSSR count). The largest absolute Gasteiger partial charge is 0.290 e. The van der Waals surface area contributed by atoms with Crippen LogP contribution in [0.3, 0.4) is 0 Å². The van der Waals surface area contributed by atoms with Crippen LogP contribution in [0, 0.1) is 5.82 Å². The van der Waals surface area contributed by atoms with Gasteiger partial charge in [-0.1, -0.05) is 0 Å². The smallest absolute Gasteiger partial charge is 0.283 e. The lowest BCUT2D eigenvalue weighted by Gasteiger charge is -2.08. The van der Waals surface area contributed by atoms with E-state index in [1.165, 1.54) is 46.1 Å². The molecule has 2 aromatic heterocycles. The molecule has 0 aliphatic carbocycles. The average molecular weight is 259 g/mol. The van der Waals surface area contributed by atoms with Crippen LogP contribution in [0.2, 0.25) is 0 Å². The molecule has 0 amide bonds. The van der Waals surface area contributed by atoms with E-state index in [9.17, 15) is 9.18 Å². The zero-order valence-electron chi connectivity index (χ0n) is 10.0.